The van der Waals surface area contributed by atoms with Crippen molar-refractivity contribution in [1.82, 2.24) is 36.8 Å². The van der Waals surface area contributed by atoms with E-state index < -0.39 is 79.1 Å². The molecule has 19 nitrogen and oxygen atoms in total. The minimum atomic E-state index is -1.39. The van der Waals surface area contributed by atoms with Gasteiger partial charge in [0.1, 0.15) is 49.4 Å². The lowest BCUT2D eigenvalue weighted by Gasteiger charge is -2.30. The summed E-state index contributed by atoms with van der Waals surface area (Å²) in [4.78, 5) is 94.0. The summed E-state index contributed by atoms with van der Waals surface area (Å²) in [5.41, 5.74) is 15.7. The first-order valence-corrected chi connectivity index (χ1v) is 21.1. The molecule has 2 unspecified atom stereocenters. The average Bonchev–Trinajstić information content (AvgIpc) is 3.28. The Kier molecular flexibility index (Phi) is 19.0. The molecule has 0 radical (unpaired) electrons. The third-order valence-electron chi connectivity index (χ3n) is 10.2. The maximum atomic E-state index is 14.2. The number of fused-ring (bicyclic) bond motifs is 5. The number of aryl methyl sites for hydroxylation is 2. The second-order valence-corrected chi connectivity index (χ2v) is 15.1. The van der Waals surface area contributed by atoms with Crippen LogP contribution in [-0.2, 0) is 41.6 Å². The Labute approximate surface area is 372 Å². The fourth-order valence-corrected chi connectivity index (χ4v) is 6.85. The van der Waals surface area contributed by atoms with Gasteiger partial charge in [-0.05, 0) is 79.3 Å². The molecule has 64 heavy (non-hydrogen) atoms. The molecule has 0 spiro atoms. The van der Waals surface area contributed by atoms with Crippen molar-refractivity contribution in [2.24, 2.45) is 11.5 Å². The van der Waals surface area contributed by atoms with Gasteiger partial charge in [-0.2, -0.15) is 5.26 Å². The van der Waals surface area contributed by atoms with E-state index in [1.54, 1.807) is 42.5 Å². The number of rotatable bonds is 19. The summed E-state index contributed by atoms with van der Waals surface area (Å²) in [5, 5.41) is 24.3. The lowest BCUT2D eigenvalue weighted by Crippen LogP contribution is -2.55. The Morgan fingerprint density at radius 2 is 1.47 bits per heavy atom. The van der Waals surface area contributed by atoms with E-state index in [1.165, 1.54) is 14.0 Å². The van der Waals surface area contributed by atoms with Crippen molar-refractivity contribution in [1.29, 1.82) is 5.26 Å². The fourth-order valence-electron chi connectivity index (χ4n) is 6.85. The van der Waals surface area contributed by atoms with Crippen LogP contribution in [0.15, 0.2) is 54.6 Å². The van der Waals surface area contributed by atoms with E-state index in [9.17, 15) is 33.6 Å². The minimum absolute atomic E-state index is 0.00767. The zero-order valence-electron chi connectivity index (χ0n) is 36.6. The van der Waals surface area contributed by atoms with Gasteiger partial charge in [-0.15, -0.1) is 0 Å². The van der Waals surface area contributed by atoms with Gasteiger partial charge in [0.15, 0.2) is 0 Å². The van der Waals surface area contributed by atoms with Gasteiger partial charge in [-0.25, -0.2) is 0 Å². The van der Waals surface area contributed by atoms with Crippen LogP contribution >= 0.6 is 0 Å². The van der Waals surface area contributed by atoms with Crippen LogP contribution in [0.3, 0.4) is 0 Å². The monoisotopic (exact) mass is 882 g/mol. The molecule has 3 aromatic rings. The first-order valence-electron chi connectivity index (χ1n) is 21.1. The number of hydrogen-bond donors (Lipinski definition) is 8. The molecule has 1 heterocycles. The summed E-state index contributed by atoms with van der Waals surface area (Å²) in [5.74, 6) is -3.90. The predicted molar refractivity (Wildman–Crippen MR) is 236 cm³/mol. The largest absolute Gasteiger partial charge is 0.492 e. The van der Waals surface area contributed by atoms with Crippen LogP contribution in [0, 0.1) is 18.3 Å². The summed E-state index contributed by atoms with van der Waals surface area (Å²) in [6.07, 6.45) is 2.98. The minimum Gasteiger partial charge on any atom is -0.492 e. The maximum absolute atomic E-state index is 14.2. The number of nitriles is 1. The van der Waals surface area contributed by atoms with E-state index in [1.807, 2.05) is 25.1 Å². The van der Waals surface area contributed by atoms with Crippen LogP contribution in [-0.4, -0.2) is 118 Å². The molecule has 1 aliphatic rings. The first kappa shape index (κ1) is 49.6. The molecule has 7 amide bonds. The van der Waals surface area contributed by atoms with Gasteiger partial charge in [0.2, 0.25) is 35.4 Å². The van der Waals surface area contributed by atoms with Crippen molar-refractivity contribution in [3.63, 3.8) is 0 Å². The fraction of sp³-hybridized carbons (Fsp3) is 0.422. The number of unbranched alkanes of at least 4 members (excludes halogenated alkanes) is 1. The van der Waals surface area contributed by atoms with Crippen molar-refractivity contribution in [3.8, 4) is 28.7 Å². The molecule has 4 rings (SSSR count). The van der Waals surface area contributed by atoms with E-state index in [0.717, 1.165) is 35.3 Å². The first-order chi connectivity index (χ1) is 30.7. The second-order valence-electron chi connectivity index (χ2n) is 15.1. The molecule has 19 heteroatoms. The molecule has 0 aromatic heterocycles. The molecule has 3 atom stereocenters. The normalized spacial score (nSPS) is 15.8. The van der Waals surface area contributed by atoms with Crippen LogP contribution in [0.4, 0.5) is 0 Å². The Balaban J connectivity index is 1.56. The zero-order valence-corrected chi connectivity index (χ0v) is 36.6. The number of likely N-dealkylation sites (N-methyl/N-ethyl adjacent to an activating group) is 1. The highest BCUT2D eigenvalue weighted by molar-refractivity contribution is 5.98. The van der Waals surface area contributed by atoms with Gasteiger partial charge >= 0.3 is 0 Å². The van der Waals surface area contributed by atoms with Crippen molar-refractivity contribution in [3.05, 3.63) is 82.4 Å². The quantitative estimate of drug-likeness (QED) is 0.0741. The maximum Gasteiger partial charge on any atom is 0.251 e. The second kappa shape index (κ2) is 24.6. The highest BCUT2D eigenvalue weighted by Gasteiger charge is 2.33. The summed E-state index contributed by atoms with van der Waals surface area (Å²) >= 11 is 0. The average molecular weight is 883 g/mol. The molecule has 0 saturated carbocycles. The van der Waals surface area contributed by atoms with E-state index in [-0.39, 0.29) is 39.3 Å². The number of amides is 7. The van der Waals surface area contributed by atoms with Crippen LogP contribution in [0.2, 0.25) is 0 Å². The third kappa shape index (κ3) is 14.0. The molecule has 0 saturated heterocycles. The Morgan fingerprint density at radius 1 is 0.828 bits per heavy atom. The molecule has 0 fully saturated rings. The third-order valence-corrected chi connectivity index (χ3v) is 10.2. The molecule has 342 valence electrons. The Hall–Kier alpha value is -7.04. The molecular weight excluding hydrogens is 825 g/mol. The topological polar surface area (TPSA) is 289 Å². The van der Waals surface area contributed by atoms with E-state index >= 15 is 0 Å². The number of carbonyl (C=O) groups excluding carboxylic acids is 7. The van der Waals surface area contributed by atoms with Crippen molar-refractivity contribution in [2.45, 2.75) is 64.6 Å². The molecule has 0 aliphatic carbocycles. The Morgan fingerprint density at radius 3 is 2.11 bits per heavy atom. The molecule has 1 aliphatic heterocycles. The standard InChI is InChI=1S/C45H58N10O9/c1-5-6-7-29-8-11-32(27(2)20-29)43(60)52-25-39(57)50-24-38(56)51-26-40(58)55(4)41-31-10-13-37(64-19-16-48)34(23-31)33-21-30(9-12-36(33)63-18-15-47)22-35(44(61)49-17-14-46)54-42(59)28(3)53-45(41)62/h8-13,20-21,23,28,35,41H,5-7,15-19,22,24-26,47-48H2,1-4H3,(H,49,61)(H,50,57)(H,51,56)(H,52,60)(H,53,62)(H,54,59)/t28-,35?,41?/m0/s1. The smallest absolute Gasteiger partial charge is 0.251 e. The van der Waals surface area contributed by atoms with Crippen LogP contribution in [0.1, 0.15) is 65.3 Å². The number of benzene rings is 3. The van der Waals surface area contributed by atoms with Crippen LogP contribution in [0.5, 0.6) is 11.5 Å². The van der Waals surface area contributed by atoms with Gasteiger partial charge in [-0.1, -0.05) is 37.6 Å². The van der Waals surface area contributed by atoms with E-state index in [4.69, 9.17) is 26.2 Å². The predicted octanol–water partition coefficient (Wildman–Crippen LogP) is 0.0269. The highest BCUT2D eigenvalue weighted by atomic mass is 16.5. The zero-order chi connectivity index (χ0) is 46.8. The molecular formula is C45H58N10O9. The highest BCUT2D eigenvalue weighted by Crippen LogP contribution is 2.40. The lowest BCUT2D eigenvalue weighted by molar-refractivity contribution is -0.140. The number of carbonyl (C=O) groups is 7. The van der Waals surface area contributed by atoms with Crippen LogP contribution in [0.25, 0.3) is 11.1 Å². The SMILES string of the molecule is CCCCc1ccc(C(=O)NCC(=O)NCC(=O)NCC(=O)N(C)C2C(=O)N[C@@H](C)C(=O)NC(C(=O)NCC#N)Cc3ccc(OCCN)c(c3)-c3cc2ccc3OCCN)c(C)c1. The summed E-state index contributed by atoms with van der Waals surface area (Å²) in [6, 6.07) is 13.6. The van der Waals surface area contributed by atoms with Crippen molar-refractivity contribution < 1.29 is 43.0 Å². The summed E-state index contributed by atoms with van der Waals surface area (Å²) in [6.45, 7) is 4.17. The van der Waals surface area contributed by atoms with Gasteiger partial charge in [0.25, 0.3) is 5.91 Å². The number of ether oxygens (including phenoxy) is 2. The van der Waals surface area contributed by atoms with E-state index in [2.05, 4.69) is 38.8 Å². The van der Waals surface area contributed by atoms with E-state index in [0.29, 0.717) is 39.3 Å². The number of nitrogens with two attached hydrogens (primary N) is 2. The molecule has 10 N–H and O–H groups in total. The lowest BCUT2D eigenvalue weighted by atomic mass is 9.93. The van der Waals surface area contributed by atoms with Gasteiger partial charge in [0.05, 0.1) is 25.7 Å². The van der Waals surface area contributed by atoms with Crippen molar-refractivity contribution in [2.75, 3.05) is 59.5 Å². The molecule has 3 aromatic carbocycles. The Bertz CT molecular complexity index is 2230. The number of nitrogens with one attached hydrogen (secondary N) is 6. The van der Waals surface area contributed by atoms with Gasteiger partial charge in [0, 0.05) is 43.2 Å². The number of nitrogens with zero attached hydrogens (tertiary/aromatic N) is 2. The summed E-state index contributed by atoms with van der Waals surface area (Å²) < 4.78 is 12.0. The van der Waals surface area contributed by atoms with Crippen molar-refractivity contribution >= 4 is 41.4 Å². The van der Waals surface area contributed by atoms with Crippen LogP contribution < -0.4 is 52.8 Å². The van der Waals surface area contributed by atoms with Gasteiger partial charge < -0.3 is 57.7 Å². The number of hydrogen-bond acceptors (Lipinski definition) is 12. The summed E-state index contributed by atoms with van der Waals surface area (Å²) in [7, 11) is 1.35. The molecule has 4 bridgehead atoms. The van der Waals surface area contributed by atoms with Gasteiger partial charge in [-0.3, -0.25) is 33.6 Å².